The third-order valence-corrected chi connectivity index (χ3v) is 9.01. The number of ether oxygens (including phenoxy) is 1. The number of para-hydroxylation sites is 2. The van der Waals surface area contributed by atoms with Crippen molar-refractivity contribution < 1.29 is 14.3 Å². The van der Waals surface area contributed by atoms with Gasteiger partial charge in [0.15, 0.2) is 10.1 Å². The second-order valence-electron chi connectivity index (χ2n) is 8.22. The molecule has 12 heteroatoms. The average Bonchev–Trinajstić information content (AvgIpc) is 3.60. The van der Waals surface area contributed by atoms with Crippen LogP contribution < -0.4 is 20.7 Å². The number of methoxy groups -OCH3 is 1. The number of thiophene rings is 1. The zero-order chi connectivity index (χ0) is 25.9. The zero-order valence-electron chi connectivity index (χ0n) is 19.8. The Balaban J connectivity index is 1.39. The van der Waals surface area contributed by atoms with E-state index in [-0.39, 0.29) is 23.3 Å². The molecule has 9 nitrogen and oxygen atoms in total. The fraction of sp³-hybridized carbons (Fsp3) is 0.240. The maximum Gasteiger partial charge on any atom is 0.234 e. The van der Waals surface area contributed by atoms with E-state index in [1.54, 1.807) is 24.1 Å². The molecule has 0 spiro atoms. The van der Waals surface area contributed by atoms with Crippen molar-refractivity contribution in [1.29, 1.82) is 5.26 Å². The Morgan fingerprint density at radius 1 is 1.30 bits per heavy atom. The Hall–Kier alpha value is -3.66. The van der Waals surface area contributed by atoms with Gasteiger partial charge in [0, 0.05) is 22.6 Å². The lowest BCUT2D eigenvalue weighted by molar-refractivity contribution is -0.116. The number of benzene rings is 1. The molecule has 0 bridgehead atoms. The van der Waals surface area contributed by atoms with Crippen LogP contribution in [0.5, 0.6) is 5.75 Å². The summed E-state index contributed by atoms with van der Waals surface area (Å²) in [5.41, 5.74) is 8.86. The summed E-state index contributed by atoms with van der Waals surface area (Å²) < 4.78 is 5.85. The number of ketones is 1. The molecule has 0 saturated carbocycles. The first-order valence-corrected chi connectivity index (χ1v) is 14.1. The molecule has 1 aromatic carbocycles. The number of carbonyl (C=O) groups is 2. The lowest BCUT2D eigenvalue weighted by Crippen LogP contribution is -2.38. The van der Waals surface area contributed by atoms with Gasteiger partial charge in [-0.25, -0.2) is 0 Å². The summed E-state index contributed by atoms with van der Waals surface area (Å²) in [6.07, 6.45) is 1.78. The van der Waals surface area contributed by atoms with Crippen LogP contribution in [-0.2, 0) is 9.59 Å². The van der Waals surface area contributed by atoms with Crippen LogP contribution in [0.1, 0.15) is 30.1 Å². The Bertz CT molecular complexity index is 1450. The molecule has 3 heterocycles. The Morgan fingerprint density at radius 2 is 2.14 bits per heavy atom. The number of nitriles is 1. The lowest BCUT2D eigenvalue weighted by atomic mass is 9.78. The van der Waals surface area contributed by atoms with Gasteiger partial charge in [0.1, 0.15) is 11.6 Å². The highest BCUT2D eigenvalue weighted by Crippen LogP contribution is 2.48. The van der Waals surface area contributed by atoms with Crippen LogP contribution in [0.2, 0.25) is 0 Å². The second kappa shape index (κ2) is 10.8. The van der Waals surface area contributed by atoms with Gasteiger partial charge in [-0.2, -0.15) is 5.26 Å². The van der Waals surface area contributed by atoms with Crippen LogP contribution in [0.4, 0.5) is 10.8 Å². The number of nitrogens with zero attached hydrogens (tertiary/aromatic N) is 4. The smallest absolute Gasteiger partial charge is 0.234 e. The molecular weight excluding hydrogens is 529 g/mol. The first kappa shape index (κ1) is 25.0. The summed E-state index contributed by atoms with van der Waals surface area (Å²) in [5.74, 6) is 0.301. The molecule has 0 saturated heterocycles. The van der Waals surface area contributed by atoms with Gasteiger partial charge in [0.2, 0.25) is 11.0 Å². The van der Waals surface area contributed by atoms with Gasteiger partial charge in [0.25, 0.3) is 0 Å². The predicted octanol–water partition coefficient (Wildman–Crippen LogP) is 4.64. The van der Waals surface area contributed by atoms with E-state index in [2.05, 4.69) is 21.6 Å². The average molecular weight is 551 g/mol. The standard InChI is InChI=1S/C25H22N6O3S3/c1-34-18-9-3-2-6-15(18)28-20(33)13-36-25-30-29-24(37-25)31-16-7-4-8-17(32)22(16)21(14(12-26)23(31)27)19-10-5-11-35-19/h2-3,5-6,9-11,21H,4,7-8,13,27H2,1H3,(H,28,33). The van der Waals surface area contributed by atoms with E-state index in [4.69, 9.17) is 10.5 Å². The van der Waals surface area contributed by atoms with E-state index in [0.29, 0.717) is 51.3 Å². The summed E-state index contributed by atoms with van der Waals surface area (Å²) in [7, 11) is 1.55. The van der Waals surface area contributed by atoms with E-state index in [1.165, 1.54) is 34.4 Å². The van der Waals surface area contributed by atoms with Gasteiger partial charge in [-0.1, -0.05) is 41.3 Å². The number of hydrogen-bond donors (Lipinski definition) is 2. The molecule has 1 aliphatic heterocycles. The Kier molecular flexibility index (Phi) is 7.27. The Morgan fingerprint density at radius 3 is 2.89 bits per heavy atom. The van der Waals surface area contributed by atoms with E-state index in [1.807, 2.05) is 29.6 Å². The highest BCUT2D eigenvalue weighted by molar-refractivity contribution is 8.01. The van der Waals surface area contributed by atoms with Crippen molar-refractivity contribution >= 4 is 56.9 Å². The van der Waals surface area contributed by atoms with Crippen molar-refractivity contribution in [2.24, 2.45) is 5.73 Å². The summed E-state index contributed by atoms with van der Waals surface area (Å²) in [5, 5.41) is 23.8. The van der Waals surface area contributed by atoms with Gasteiger partial charge in [-0.05, 0) is 36.4 Å². The third-order valence-electron chi connectivity index (χ3n) is 6.04. The fourth-order valence-corrected chi connectivity index (χ4v) is 6.98. The molecule has 1 atom stereocenters. The molecule has 5 rings (SSSR count). The molecule has 188 valence electrons. The predicted molar refractivity (Wildman–Crippen MR) is 145 cm³/mol. The number of Topliss-reactive ketones (excluding diaryl/α,β-unsaturated/α-hetero) is 1. The van der Waals surface area contributed by atoms with Crippen LogP contribution in [0.15, 0.2) is 68.8 Å². The second-order valence-corrected chi connectivity index (χ2v) is 11.4. The number of nitrogens with two attached hydrogens (primary N) is 1. The summed E-state index contributed by atoms with van der Waals surface area (Å²) >= 11 is 4.01. The molecule has 0 fully saturated rings. The number of aromatic nitrogens is 2. The number of nitrogens with one attached hydrogen (secondary N) is 1. The number of allylic oxidation sites excluding steroid dienone is 3. The van der Waals surface area contributed by atoms with E-state index >= 15 is 0 Å². The fourth-order valence-electron chi connectivity index (χ4n) is 4.46. The number of rotatable bonds is 7. The number of amides is 1. The van der Waals surface area contributed by atoms with Gasteiger partial charge in [-0.3, -0.25) is 14.5 Å². The molecule has 2 aliphatic rings. The molecule has 2 aromatic heterocycles. The van der Waals surface area contributed by atoms with E-state index in [9.17, 15) is 14.9 Å². The number of hydrogen-bond acceptors (Lipinski definition) is 11. The highest BCUT2D eigenvalue weighted by atomic mass is 32.2. The topological polar surface area (TPSA) is 134 Å². The first-order valence-electron chi connectivity index (χ1n) is 11.4. The summed E-state index contributed by atoms with van der Waals surface area (Å²) in [6, 6.07) is 13.3. The molecule has 1 aliphatic carbocycles. The minimum atomic E-state index is -0.468. The van der Waals surface area contributed by atoms with Gasteiger partial charge in [0.05, 0.1) is 36.1 Å². The van der Waals surface area contributed by atoms with Crippen molar-refractivity contribution in [2.75, 3.05) is 23.1 Å². The van der Waals surface area contributed by atoms with Gasteiger partial charge >= 0.3 is 0 Å². The van der Waals surface area contributed by atoms with Crippen LogP contribution in [0.25, 0.3) is 0 Å². The Labute approximate surface area is 225 Å². The molecule has 1 amide bonds. The number of carbonyl (C=O) groups excluding carboxylic acids is 2. The van der Waals surface area contributed by atoms with Crippen molar-refractivity contribution in [2.45, 2.75) is 29.5 Å². The van der Waals surface area contributed by atoms with Crippen molar-refractivity contribution in [3.63, 3.8) is 0 Å². The molecule has 3 aromatic rings. The minimum absolute atomic E-state index is 0.0250. The monoisotopic (exact) mass is 550 g/mol. The SMILES string of the molecule is COc1ccccc1NC(=O)CSc1nnc(N2C(N)=C(C#N)C(c3cccs3)C3=C2CCCC3=O)s1. The van der Waals surface area contributed by atoms with Gasteiger partial charge < -0.3 is 15.8 Å². The number of thioether (sulfide) groups is 1. The largest absolute Gasteiger partial charge is 0.495 e. The van der Waals surface area contributed by atoms with Crippen LogP contribution in [0, 0.1) is 11.3 Å². The molecule has 3 N–H and O–H groups in total. The molecule has 0 radical (unpaired) electrons. The minimum Gasteiger partial charge on any atom is -0.495 e. The maximum absolute atomic E-state index is 13.1. The van der Waals surface area contributed by atoms with Crippen molar-refractivity contribution in [1.82, 2.24) is 10.2 Å². The van der Waals surface area contributed by atoms with E-state index < -0.39 is 5.92 Å². The third kappa shape index (κ3) is 4.85. The quantitative estimate of drug-likeness (QED) is 0.403. The number of anilines is 2. The van der Waals surface area contributed by atoms with Crippen LogP contribution in [-0.4, -0.2) is 34.8 Å². The van der Waals surface area contributed by atoms with Crippen LogP contribution >= 0.6 is 34.4 Å². The zero-order valence-corrected chi connectivity index (χ0v) is 22.2. The van der Waals surface area contributed by atoms with E-state index in [0.717, 1.165) is 10.6 Å². The van der Waals surface area contributed by atoms with Gasteiger partial charge in [-0.15, -0.1) is 21.5 Å². The molecule has 37 heavy (non-hydrogen) atoms. The van der Waals surface area contributed by atoms with Crippen molar-refractivity contribution in [3.05, 3.63) is 69.3 Å². The highest BCUT2D eigenvalue weighted by Gasteiger charge is 2.41. The van der Waals surface area contributed by atoms with Crippen LogP contribution in [0.3, 0.4) is 0 Å². The normalized spacial score (nSPS) is 17.5. The summed E-state index contributed by atoms with van der Waals surface area (Å²) in [6.45, 7) is 0. The lowest BCUT2D eigenvalue weighted by Gasteiger charge is -2.37. The van der Waals surface area contributed by atoms with Crippen molar-refractivity contribution in [3.8, 4) is 11.8 Å². The maximum atomic E-state index is 13.1. The summed E-state index contributed by atoms with van der Waals surface area (Å²) in [4.78, 5) is 28.2. The molecular formula is C25H22N6O3S3. The first-order chi connectivity index (χ1) is 18.0. The molecule has 1 unspecified atom stereocenters.